The van der Waals surface area contributed by atoms with Crippen molar-refractivity contribution in [1.82, 2.24) is 10.2 Å². The van der Waals surface area contributed by atoms with Gasteiger partial charge < -0.3 is 10.2 Å². The lowest BCUT2D eigenvalue weighted by molar-refractivity contribution is -0.140. The molecule has 0 heterocycles. The molecule has 0 aliphatic carbocycles. The zero-order valence-electron chi connectivity index (χ0n) is 17.2. The van der Waals surface area contributed by atoms with E-state index in [4.69, 9.17) is 23.2 Å². The molecule has 0 saturated heterocycles. The van der Waals surface area contributed by atoms with E-state index < -0.39 is 6.04 Å². The van der Waals surface area contributed by atoms with Crippen LogP contribution in [0.5, 0.6) is 0 Å². The first-order valence-electron chi connectivity index (χ1n) is 10.0. The fraction of sp³-hybridized carbons (Fsp3) is 0.200. The Kier molecular flexibility index (Phi) is 8.10. The molecular weight excluding hydrogens is 431 g/mol. The van der Waals surface area contributed by atoms with Gasteiger partial charge in [-0.1, -0.05) is 77.8 Å². The molecule has 31 heavy (non-hydrogen) atoms. The Balaban J connectivity index is 1.72. The Morgan fingerprint density at radius 3 is 1.94 bits per heavy atom. The maximum Gasteiger partial charge on any atom is 0.242 e. The van der Waals surface area contributed by atoms with Crippen molar-refractivity contribution in [3.05, 3.63) is 106 Å². The Bertz CT molecular complexity index is 1010. The molecule has 0 spiro atoms. The van der Waals surface area contributed by atoms with Gasteiger partial charge in [0.25, 0.3) is 0 Å². The molecular formula is C25H24Cl2N2O2. The van der Waals surface area contributed by atoms with Crippen LogP contribution in [0.2, 0.25) is 10.0 Å². The van der Waals surface area contributed by atoms with Gasteiger partial charge in [0.15, 0.2) is 0 Å². The highest BCUT2D eigenvalue weighted by Gasteiger charge is 2.26. The summed E-state index contributed by atoms with van der Waals surface area (Å²) in [5, 5.41) is 4.18. The number of benzene rings is 3. The van der Waals surface area contributed by atoms with Crippen molar-refractivity contribution < 1.29 is 9.59 Å². The third-order valence-corrected chi connectivity index (χ3v) is 5.52. The summed E-state index contributed by atoms with van der Waals surface area (Å²) in [7, 11) is 0. The Labute approximate surface area is 192 Å². The van der Waals surface area contributed by atoms with Crippen molar-refractivity contribution in [2.45, 2.75) is 32.5 Å². The van der Waals surface area contributed by atoms with E-state index in [1.54, 1.807) is 36.1 Å². The Morgan fingerprint density at radius 1 is 0.806 bits per heavy atom. The second-order valence-electron chi connectivity index (χ2n) is 7.33. The van der Waals surface area contributed by atoms with Crippen molar-refractivity contribution in [1.29, 1.82) is 0 Å². The first-order valence-corrected chi connectivity index (χ1v) is 10.8. The van der Waals surface area contributed by atoms with Gasteiger partial charge in [-0.15, -0.1) is 0 Å². The largest absolute Gasteiger partial charge is 0.350 e. The van der Waals surface area contributed by atoms with Crippen molar-refractivity contribution >= 4 is 35.0 Å². The maximum absolute atomic E-state index is 13.2. The molecule has 0 fully saturated rings. The van der Waals surface area contributed by atoms with E-state index in [-0.39, 0.29) is 18.2 Å². The molecule has 160 valence electrons. The summed E-state index contributed by atoms with van der Waals surface area (Å²) in [6.45, 7) is 2.47. The number of carbonyl (C=O) groups is 2. The first-order chi connectivity index (χ1) is 14.9. The molecule has 0 saturated carbocycles. The maximum atomic E-state index is 13.2. The summed E-state index contributed by atoms with van der Waals surface area (Å²) >= 11 is 11.9. The minimum atomic E-state index is -0.632. The highest BCUT2D eigenvalue weighted by atomic mass is 35.5. The minimum absolute atomic E-state index is 0.125. The van der Waals surface area contributed by atoms with Crippen LogP contribution in [0, 0.1) is 0 Å². The molecule has 0 aromatic heterocycles. The molecule has 2 amide bonds. The Morgan fingerprint density at radius 2 is 1.35 bits per heavy atom. The van der Waals surface area contributed by atoms with E-state index in [2.05, 4.69) is 5.32 Å². The monoisotopic (exact) mass is 454 g/mol. The van der Waals surface area contributed by atoms with Gasteiger partial charge in [0, 0.05) is 23.1 Å². The summed E-state index contributed by atoms with van der Waals surface area (Å²) in [5.74, 6) is -0.337. The molecule has 3 aromatic carbocycles. The lowest BCUT2D eigenvalue weighted by atomic mass is 10.1. The number of halogens is 2. The highest BCUT2D eigenvalue weighted by Crippen LogP contribution is 2.15. The molecule has 3 rings (SSSR count). The second-order valence-corrected chi connectivity index (χ2v) is 8.20. The van der Waals surface area contributed by atoms with Crippen LogP contribution < -0.4 is 5.32 Å². The predicted molar refractivity (Wildman–Crippen MR) is 125 cm³/mol. The number of carbonyl (C=O) groups excluding carboxylic acids is 2. The molecule has 6 heteroatoms. The number of hydrogen-bond donors (Lipinski definition) is 1. The van der Waals surface area contributed by atoms with E-state index in [1.807, 2.05) is 54.6 Å². The molecule has 4 nitrogen and oxygen atoms in total. The van der Waals surface area contributed by atoms with Crippen molar-refractivity contribution in [3.8, 4) is 0 Å². The highest BCUT2D eigenvalue weighted by molar-refractivity contribution is 6.30. The fourth-order valence-corrected chi connectivity index (χ4v) is 3.43. The molecule has 1 atom stereocenters. The average molecular weight is 455 g/mol. The molecule has 0 bridgehead atoms. The van der Waals surface area contributed by atoms with Crippen LogP contribution in [-0.4, -0.2) is 22.8 Å². The molecule has 0 aliphatic heterocycles. The van der Waals surface area contributed by atoms with Crippen molar-refractivity contribution in [2.24, 2.45) is 0 Å². The zero-order valence-corrected chi connectivity index (χ0v) is 18.7. The SMILES string of the molecule is C[C@@H](C(=O)NCc1ccc(Cl)cc1)N(Cc1ccccc1)C(=O)Cc1ccc(Cl)cc1. The zero-order chi connectivity index (χ0) is 22.2. The van der Waals surface area contributed by atoms with E-state index in [9.17, 15) is 9.59 Å². The summed E-state index contributed by atoms with van der Waals surface area (Å²) in [5.41, 5.74) is 2.75. The summed E-state index contributed by atoms with van der Waals surface area (Å²) < 4.78 is 0. The van der Waals surface area contributed by atoms with Gasteiger partial charge in [-0.2, -0.15) is 0 Å². The van der Waals surface area contributed by atoms with Crippen LogP contribution >= 0.6 is 23.2 Å². The lowest BCUT2D eigenvalue weighted by Gasteiger charge is -2.29. The summed E-state index contributed by atoms with van der Waals surface area (Å²) in [4.78, 5) is 27.6. The lowest BCUT2D eigenvalue weighted by Crippen LogP contribution is -2.47. The van der Waals surface area contributed by atoms with Crippen molar-refractivity contribution in [3.63, 3.8) is 0 Å². The van der Waals surface area contributed by atoms with Crippen LogP contribution in [0.3, 0.4) is 0 Å². The number of amides is 2. The molecule has 3 aromatic rings. The van der Waals surface area contributed by atoms with Gasteiger partial charge in [-0.25, -0.2) is 0 Å². The van der Waals surface area contributed by atoms with E-state index in [1.165, 1.54) is 0 Å². The minimum Gasteiger partial charge on any atom is -0.350 e. The predicted octanol–water partition coefficient (Wildman–Crippen LogP) is 5.27. The third-order valence-electron chi connectivity index (χ3n) is 5.01. The standard InChI is InChI=1S/C25H24Cl2N2O2/c1-18(25(31)28-16-20-9-13-23(27)14-10-20)29(17-21-5-3-2-4-6-21)24(30)15-19-7-11-22(26)12-8-19/h2-14,18H,15-17H2,1H3,(H,28,31)/t18-/m0/s1. The second kappa shape index (κ2) is 11.0. The quantitative estimate of drug-likeness (QED) is 0.503. The third kappa shape index (κ3) is 6.84. The molecule has 1 N–H and O–H groups in total. The molecule has 0 radical (unpaired) electrons. The van der Waals surface area contributed by atoms with Crippen molar-refractivity contribution in [2.75, 3.05) is 0 Å². The number of rotatable bonds is 8. The summed E-state index contributed by atoms with van der Waals surface area (Å²) in [6, 6.07) is 23.5. The smallest absolute Gasteiger partial charge is 0.242 e. The number of nitrogens with one attached hydrogen (secondary N) is 1. The van der Waals surface area contributed by atoms with Gasteiger partial charge in [-0.05, 0) is 47.9 Å². The normalized spacial score (nSPS) is 11.6. The van der Waals surface area contributed by atoms with E-state index in [0.717, 1.165) is 16.7 Å². The topological polar surface area (TPSA) is 49.4 Å². The van der Waals surface area contributed by atoms with Gasteiger partial charge in [-0.3, -0.25) is 9.59 Å². The molecule has 0 unspecified atom stereocenters. The Hall–Kier alpha value is -2.82. The summed E-state index contributed by atoms with van der Waals surface area (Å²) in [6.07, 6.45) is 0.193. The number of nitrogens with zero attached hydrogens (tertiary/aromatic N) is 1. The van der Waals surface area contributed by atoms with Gasteiger partial charge in [0.1, 0.15) is 6.04 Å². The van der Waals surface area contributed by atoms with Gasteiger partial charge >= 0.3 is 0 Å². The van der Waals surface area contributed by atoms with E-state index in [0.29, 0.717) is 23.1 Å². The fourth-order valence-electron chi connectivity index (χ4n) is 3.18. The first kappa shape index (κ1) is 22.9. The van der Waals surface area contributed by atoms with Gasteiger partial charge in [0.05, 0.1) is 6.42 Å². The number of hydrogen-bond acceptors (Lipinski definition) is 2. The van der Waals surface area contributed by atoms with Crippen LogP contribution in [0.25, 0.3) is 0 Å². The molecule has 0 aliphatic rings. The van der Waals surface area contributed by atoms with Crippen LogP contribution in [0.4, 0.5) is 0 Å². The van der Waals surface area contributed by atoms with Gasteiger partial charge in [0.2, 0.25) is 11.8 Å². The van der Waals surface area contributed by atoms with Crippen LogP contribution in [0.15, 0.2) is 78.9 Å². The average Bonchev–Trinajstić information content (AvgIpc) is 2.78. The van der Waals surface area contributed by atoms with Crippen LogP contribution in [0.1, 0.15) is 23.6 Å². The van der Waals surface area contributed by atoms with Crippen LogP contribution in [-0.2, 0) is 29.1 Å². The van der Waals surface area contributed by atoms with E-state index >= 15 is 0 Å².